The van der Waals surface area contributed by atoms with Gasteiger partial charge in [0.05, 0.1) is 30.2 Å². The summed E-state index contributed by atoms with van der Waals surface area (Å²) in [6.45, 7) is 2.69. The van der Waals surface area contributed by atoms with Crippen LogP contribution < -0.4 is 9.47 Å². The Morgan fingerprint density at radius 3 is 2.48 bits per heavy atom. The normalized spacial score (nSPS) is 11.3. The summed E-state index contributed by atoms with van der Waals surface area (Å²) in [5.41, 5.74) is 1.35. The van der Waals surface area contributed by atoms with Crippen molar-refractivity contribution in [2.24, 2.45) is 0 Å². The van der Waals surface area contributed by atoms with Crippen molar-refractivity contribution in [3.63, 3.8) is 0 Å². The number of aryl methyl sites for hydroxylation is 1. The quantitative estimate of drug-likeness (QED) is 0.483. The van der Waals surface area contributed by atoms with Gasteiger partial charge in [0.2, 0.25) is 0 Å². The van der Waals surface area contributed by atoms with Gasteiger partial charge in [0.25, 0.3) is 10.0 Å². The molecule has 0 radical (unpaired) electrons. The second-order valence-electron chi connectivity index (χ2n) is 6.67. The van der Waals surface area contributed by atoms with Gasteiger partial charge in [0.1, 0.15) is 11.5 Å². The average Bonchev–Trinajstić information content (AvgIpc) is 3.11. The van der Waals surface area contributed by atoms with Crippen LogP contribution in [-0.2, 0) is 16.4 Å². The summed E-state index contributed by atoms with van der Waals surface area (Å²) in [6, 6.07) is 13.8. The van der Waals surface area contributed by atoms with Crippen molar-refractivity contribution in [2.75, 3.05) is 13.7 Å². The molecule has 3 rings (SSSR count). The highest BCUT2D eigenvalue weighted by Gasteiger charge is 2.21. The lowest BCUT2D eigenvalue weighted by Crippen LogP contribution is -2.12. The molecule has 3 aromatic rings. The lowest BCUT2D eigenvalue weighted by atomic mass is 10.1. The van der Waals surface area contributed by atoms with E-state index >= 15 is 0 Å². The molecule has 0 fully saturated rings. The van der Waals surface area contributed by atoms with E-state index in [1.165, 1.54) is 3.97 Å². The van der Waals surface area contributed by atoms with Crippen LogP contribution in [0, 0.1) is 11.3 Å². The van der Waals surface area contributed by atoms with Crippen molar-refractivity contribution in [3.05, 3.63) is 54.2 Å². The highest BCUT2D eigenvalue weighted by atomic mass is 32.2. The van der Waals surface area contributed by atoms with E-state index in [0.717, 1.165) is 23.8 Å². The first kappa shape index (κ1) is 20.7. The zero-order valence-corrected chi connectivity index (χ0v) is 17.4. The third kappa shape index (κ3) is 4.38. The number of nitriles is 1. The summed E-state index contributed by atoms with van der Waals surface area (Å²) in [5.74, 6) is 1.29. The molecule has 0 bridgehead atoms. The third-order valence-electron chi connectivity index (χ3n) is 4.71. The molecule has 0 aliphatic carbocycles. The van der Waals surface area contributed by atoms with E-state index < -0.39 is 10.0 Å². The van der Waals surface area contributed by atoms with Crippen molar-refractivity contribution >= 4 is 20.9 Å². The zero-order valence-electron chi connectivity index (χ0n) is 16.6. The number of ether oxygens (including phenoxy) is 2. The van der Waals surface area contributed by atoms with Gasteiger partial charge in [0, 0.05) is 18.0 Å². The number of hydrogen-bond acceptors (Lipinski definition) is 5. The van der Waals surface area contributed by atoms with Crippen LogP contribution in [0.3, 0.4) is 0 Å². The first-order chi connectivity index (χ1) is 14.0. The summed E-state index contributed by atoms with van der Waals surface area (Å²) in [7, 11) is -2.23. The summed E-state index contributed by atoms with van der Waals surface area (Å²) in [4.78, 5) is 0.180. The fraction of sp³-hybridized carbons (Fsp3) is 0.318. The monoisotopic (exact) mass is 412 g/mol. The lowest BCUT2D eigenvalue weighted by Gasteiger charge is -2.10. The Morgan fingerprint density at radius 2 is 1.83 bits per heavy atom. The molecule has 0 N–H and O–H groups in total. The van der Waals surface area contributed by atoms with E-state index in [9.17, 15) is 8.42 Å². The molecule has 0 saturated carbocycles. The Hall–Kier alpha value is -2.98. The van der Waals surface area contributed by atoms with Crippen LogP contribution in [0.25, 0.3) is 10.9 Å². The molecule has 152 valence electrons. The van der Waals surface area contributed by atoms with E-state index in [1.807, 2.05) is 0 Å². The number of aromatic nitrogens is 1. The second kappa shape index (κ2) is 9.01. The van der Waals surface area contributed by atoms with Gasteiger partial charge >= 0.3 is 0 Å². The first-order valence-corrected chi connectivity index (χ1v) is 11.0. The standard InChI is InChI=1S/C22H24N2O4S/c1-3-4-14-28-18-7-10-20(11-8-18)29(25,26)24-16-17(6-5-13-23)21-15-19(27-2)9-12-22(21)24/h7-12,15-16H,3-6,14H2,1-2H3. The van der Waals surface area contributed by atoms with Crippen molar-refractivity contribution < 1.29 is 17.9 Å². The predicted octanol–water partition coefficient (Wildman–Crippen LogP) is 4.52. The Balaban J connectivity index is 2.01. The number of benzene rings is 2. The number of hydrogen-bond donors (Lipinski definition) is 0. The summed E-state index contributed by atoms with van der Waals surface area (Å²) < 4.78 is 38.7. The molecule has 0 aliphatic rings. The van der Waals surface area contributed by atoms with Crippen LogP contribution >= 0.6 is 0 Å². The number of methoxy groups -OCH3 is 1. The van der Waals surface area contributed by atoms with Gasteiger partial charge in [-0.05, 0) is 60.9 Å². The molecule has 1 heterocycles. The maximum absolute atomic E-state index is 13.3. The predicted molar refractivity (Wildman–Crippen MR) is 112 cm³/mol. The topological polar surface area (TPSA) is 81.3 Å². The molecule has 2 aromatic carbocycles. The SMILES string of the molecule is CCCCOc1ccc(S(=O)(=O)n2cc(CCC#N)c3cc(OC)ccc32)cc1. The number of nitrogens with zero attached hydrogens (tertiary/aromatic N) is 2. The number of rotatable bonds is 9. The van der Waals surface area contributed by atoms with Crippen LogP contribution in [0.15, 0.2) is 53.6 Å². The Kier molecular flexibility index (Phi) is 6.45. The third-order valence-corrected chi connectivity index (χ3v) is 6.40. The highest BCUT2D eigenvalue weighted by Crippen LogP contribution is 2.30. The van der Waals surface area contributed by atoms with E-state index in [4.69, 9.17) is 14.7 Å². The highest BCUT2D eigenvalue weighted by molar-refractivity contribution is 7.90. The van der Waals surface area contributed by atoms with Gasteiger partial charge in [-0.15, -0.1) is 0 Å². The fourth-order valence-electron chi connectivity index (χ4n) is 3.12. The second-order valence-corrected chi connectivity index (χ2v) is 8.48. The Labute approximate surface area is 171 Å². The molecule has 6 nitrogen and oxygen atoms in total. The van der Waals surface area contributed by atoms with Gasteiger partial charge in [-0.25, -0.2) is 12.4 Å². The van der Waals surface area contributed by atoms with Crippen molar-refractivity contribution in [2.45, 2.75) is 37.5 Å². The maximum Gasteiger partial charge on any atom is 0.268 e. The fourth-order valence-corrected chi connectivity index (χ4v) is 4.51. The van der Waals surface area contributed by atoms with Gasteiger partial charge in [0.15, 0.2) is 0 Å². The average molecular weight is 413 g/mol. The van der Waals surface area contributed by atoms with Crippen molar-refractivity contribution in [1.29, 1.82) is 5.26 Å². The largest absolute Gasteiger partial charge is 0.497 e. The van der Waals surface area contributed by atoms with Gasteiger partial charge < -0.3 is 9.47 Å². The van der Waals surface area contributed by atoms with E-state index in [0.29, 0.717) is 36.5 Å². The minimum absolute atomic E-state index is 0.180. The van der Waals surface area contributed by atoms with Crippen LogP contribution in [0.5, 0.6) is 11.5 Å². The lowest BCUT2D eigenvalue weighted by molar-refractivity contribution is 0.309. The molecule has 1 aromatic heterocycles. The summed E-state index contributed by atoms with van der Waals surface area (Å²) >= 11 is 0. The summed E-state index contributed by atoms with van der Waals surface area (Å²) in [6.07, 6.45) is 4.35. The smallest absolute Gasteiger partial charge is 0.268 e. The Bertz CT molecular complexity index is 1130. The van der Waals surface area contributed by atoms with Gasteiger partial charge in [-0.2, -0.15) is 5.26 Å². The molecule has 0 aliphatic heterocycles. The molecule has 0 amide bonds. The van der Waals surface area contributed by atoms with E-state index in [1.54, 1.807) is 55.8 Å². The van der Waals surface area contributed by atoms with Crippen molar-refractivity contribution in [1.82, 2.24) is 3.97 Å². The van der Waals surface area contributed by atoms with E-state index in [2.05, 4.69) is 13.0 Å². The molecule has 7 heteroatoms. The van der Waals surface area contributed by atoms with Crippen LogP contribution in [0.4, 0.5) is 0 Å². The van der Waals surface area contributed by atoms with E-state index in [-0.39, 0.29) is 4.90 Å². The molecule has 0 spiro atoms. The molecule has 0 unspecified atom stereocenters. The van der Waals surface area contributed by atoms with Gasteiger partial charge in [-0.3, -0.25) is 0 Å². The Morgan fingerprint density at radius 1 is 1.10 bits per heavy atom. The maximum atomic E-state index is 13.3. The molecular formula is C22H24N2O4S. The van der Waals surface area contributed by atoms with Crippen LogP contribution in [-0.4, -0.2) is 26.1 Å². The molecular weight excluding hydrogens is 388 g/mol. The minimum atomic E-state index is -3.79. The van der Waals surface area contributed by atoms with Crippen LogP contribution in [0.2, 0.25) is 0 Å². The zero-order chi connectivity index (χ0) is 20.9. The van der Waals surface area contributed by atoms with Crippen molar-refractivity contribution in [3.8, 4) is 17.6 Å². The number of unbranched alkanes of at least 4 members (excludes halogenated alkanes) is 1. The molecule has 0 saturated heterocycles. The first-order valence-electron chi connectivity index (χ1n) is 9.54. The summed E-state index contributed by atoms with van der Waals surface area (Å²) in [5, 5.41) is 9.70. The van der Waals surface area contributed by atoms with Crippen LogP contribution in [0.1, 0.15) is 31.7 Å². The molecule has 0 atom stereocenters. The minimum Gasteiger partial charge on any atom is -0.497 e. The number of fused-ring (bicyclic) bond motifs is 1. The van der Waals surface area contributed by atoms with Gasteiger partial charge in [-0.1, -0.05) is 13.3 Å². The molecule has 29 heavy (non-hydrogen) atoms.